The van der Waals surface area contributed by atoms with Crippen molar-refractivity contribution in [1.29, 1.82) is 0 Å². The molecular weight excluding hydrogens is 366 g/mol. The first-order chi connectivity index (χ1) is 14.3. The summed E-state index contributed by atoms with van der Waals surface area (Å²) in [7, 11) is 1.64. The summed E-state index contributed by atoms with van der Waals surface area (Å²) in [5.74, 6) is 1.38. The van der Waals surface area contributed by atoms with E-state index < -0.39 is 0 Å². The average molecular weight is 396 g/mol. The molecule has 2 fully saturated rings. The Morgan fingerprint density at radius 1 is 0.828 bits per heavy atom. The molecule has 2 heterocycles. The third kappa shape index (κ3) is 4.48. The van der Waals surface area contributed by atoms with Gasteiger partial charge in [-0.15, -0.1) is 0 Å². The van der Waals surface area contributed by atoms with E-state index in [2.05, 4.69) is 4.90 Å². The lowest BCUT2D eigenvalue weighted by atomic mass is 10.1. The lowest BCUT2D eigenvalue weighted by Gasteiger charge is -2.26. The number of ether oxygens (including phenoxy) is 2. The van der Waals surface area contributed by atoms with Crippen molar-refractivity contribution in [1.82, 2.24) is 4.90 Å². The number of amides is 2. The van der Waals surface area contributed by atoms with Gasteiger partial charge in [-0.05, 0) is 50.2 Å². The van der Waals surface area contributed by atoms with Crippen LogP contribution in [0.4, 0.5) is 16.2 Å². The summed E-state index contributed by atoms with van der Waals surface area (Å²) in [4.78, 5) is 19.0. The van der Waals surface area contributed by atoms with E-state index in [9.17, 15) is 4.79 Å². The number of likely N-dealkylation sites (tertiary alicyclic amines) is 1. The molecule has 2 aliphatic heterocycles. The number of methoxy groups -OCH3 is 1. The summed E-state index contributed by atoms with van der Waals surface area (Å²) >= 11 is 0. The molecular formula is C23H29N3O3. The normalized spacial score (nSPS) is 17.6. The molecule has 4 rings (SSSR count). The number of hydrogen-bond acceptors (Lipinski definition) is 4. The van der Waals surface area contributed by atoms with Crippen LogP contribution in [0.5, 0.6) is 11.5 Å². The first kappa shape index (κ1) is 19.6. The van der Waals surface area contributed by atoms with Crippen LogP contribution < -0.4 is 19.3 Å². The van der Waals surface area contributed by atoms with Gasteiger partial charge in [0.2, 0.25) is 0 Å². The quantitative estimate of drug-likeness (QED) is 0.711. The summed E-state index contributed by atoms with van der Waals surface area (Å²) in [6.45, 7) is 5.14. The van der Waals surface area contributed by atoms with Gasteiger partial charge in [-0.25, -0.2) is 4.79 Å². The topological polar surface area (TPSA) is 45.3 Å². The van der Waals surface area contributed by atoms with Gasteiger partial charge in [-0.1, -0.05) is 24.6 Å². The molecule has 29 heavy (non-hydrogen) atoms. The molecule has 2 aromatic rings. The van der Waals surface area contributed by atoms with E-state index in [1.165, 1.54) is 19.3 Å². The van der Waals surface area contributed by atoms with Gasteiger partial charge in [0.1, 0.15) is 6.61 Å². The van der Waals surface area contributed by atoms with Crippen LogP contribution in [-0.4, -0.2) is 57.4 Å². The van der Waals surface area contributed by atoms with Gasteiger partial charge < -0.3 is 9.47 Å². The monoisotopic (exact) mass is 395 g/mol. The summed E-state index contributed by atoms with van der Waals surface area (Å²) < 4.78 is 11.5. The average Bonchev–Trinajstić information content (AvgIpc) is 3.16. The van der Waals surface area contributed by atoms with E-state index >= 15 is 0 Å². The molecule has 0 N–H and O–H groups in total. The second-order valence-electron chi connectivity index (χ2n) is 7.51. The number of carbonyl (C=O) groups excluding carboxylic acids is 1. The number of benzene rings is 2. The highest BCUT2D eigenvalue weighted by Gasteiger charge is 2.31. The third-order valence-electron chi connectivity index (χ3n) is 5.65. The Bertz CT molecular complexity index is 821. The molecule has 2 amide bonds. The van der Waals surface area contributed by atoms with Gasteiger partial charge in [0, 0.05) is 37.1 Å². The van der Waals surface area contributed by atoms with E-state index in [1.54, 1.807) is 16.9 Å². The second-order valence-corrected chi connectivity index (χ2v) is 7.51. The Morgan fingerprint density at radius 2 is 1.55 bits per heavy atom. The Kier molecular flexibility index (Phi) is 6.20. The second kappa shape index (κ2) is 9.18. The van der Waals surface area contributed by atoms with Crippen LogP contribution in [-0.2, 0) is 0 Å². The lowest BCUT2D eigenvalue weighted by Crippen LogP contribution is -2.33. The van der Waals surface area contributed by atoms with Crippen molar-refractivity contribution in [3.63, 3.8) is 0 Å². The molecule has 2 aromatic carbocycles. The Balaban J connectivity index is 1.44. The number of carbonyl (C=O) groups is 1. The van der Waals surface area contributed by atoms with Crippen LogP contribution in [0.3, 0.4) is 0 Å². The zero-order valence-electron chi connectivity index (χ0n) is 17.0. The minimum Gasteiger partial charge on any atom is -0.493 e. The predicted octanol–water partition coefficient (Wildman–Crippen LogP) is 4.01. The van der Waals surface area contributed by atoms with Crippen LogP contribution in [0, 0.1) is 0 Å². The van der Waals surface area contributed by atoms with Crippen molar-refractivity contribution >= 4 is 17.4 Å². The van der Waals surface area contributed by atoms with Crippen LogP contribution in [0.15, 0.2) is 48.5 Å². The highest BCUT2D eigenvalue weighted by atomic mass is 16.5. The Morgan fingerprint density at radius 3 is 2.28 bits per heavy atom. The molecule has 6 heteroatoms. The summed E-state index contributed by atoms with van der Waals surface area (Å²) in [5.41, 5.74) is 1.76. The number of hydrogen-bond donors (Lipinski definition) is 0. The minimum absolute atomic E-state index is 0.0133. The molecule has 2 saturated heterocycles. The largest absolute Gasteiger partial charge is 0.493 e. The van der Waals surface area contributed by atoms with Crippen molar-refractivity contribution in [2.24, 2.45) is 0 Å². The van der Waals surface area contributed by atoms with Crippen LogP contribution in [0.2, 0.25) is 0 Å². The molecule has 0 aromatic heterocycles. The number of anilines is 2. The van der Waals surface area contributed by atoms with Crippen LogP contribution in [0.1, 0.15) is 19.3 Å². The Hall–Kier alpha value is -2.73. The maximum Gasteiger partial charge on any atom is 0.329 e. The van der Waals surface area contributed by atoms with Crippen molar-refractivity contribution in [3.05, 3.63) is 48.5 Å². The third-order valence-corrected chi connectivity index (χ3v) is 5.65. The maximum atomic E-state index is 13.0. The standard InChI is InChI=1S/C23H29N3O3/c1-28-21-11-10-20(18-22(21)29-17-16-24-12-6-3-7-13-24)26-15-14-25(23(26)27)19-8-4-2-5-9-19/h2,4-5,8-11,18H,3,6-7,12-17H2,1H3. The molecule has 6 nitrogen and oxygen atoms in total. The molecule has 2 aliphatic rings. The fourth-order valence-corrected chi connectivity index (χ4v) is 4.04. The molecule has 0 saturated carbocycles. The minimum atomic E-state index is -0.0133. The van der Waals surface area contributed by atoms with Gasteiger partial charge in [0.15, 0.2) is 11.5 Å². The van der Waals surface area contributed by atoms with E-state index in [-0.39, 0.29) is 6.03 Å². The van der Waals surface area contributed by atoms with Gasteiger partial charge in [0.05, 0.1) is 7.11 Å². The van der Waals surface area contributed by atoms with Gasteiger partial charge in [-0.3, -0.25) is 14.7 Å². The fourth-order valence-electron chi connectivity index (χ4n) is 4.04. The van der Waals surface area contributed by atoms with Gasteiger partial charge in [-0.2, -0.15) is 0 Å². The SMILES string of the molecule is COc1ccc(N2CCN(c3ccccc3)C2=O)cc1OCCN1CCCCC1. The molecule has 0 aliphatic carbocycles. The molecule has 0 atom stereocenters. The highest BCUT2D eigenvalue weighted by Crippen LogP contribution is 2.34. The molecule has 154 valence electrons. The van der Waals surface area contributed by atoms with E-state index in [1.807, 2.05) is 48.5 Å². The summed E-state index contributed by atoms with van der Waals surface area (Å²) in [5, 5.41) is 0. The van der Waals surface area contributed by atoms with Gasteiger partial charge >= 0.3 is 6.03 Å². The smallest absolute Gasteiger partial charge is 0.329 e. The summed E-state index contributed by atoms with van der Waals surface area (Å²) in [6.07, 6.45) is 3.87. The molecule has 0 spiro atoms. The van der Waals surface area contributed by atoms with Crippen molar-refractivity contribution in [2.75, 3.05) is 56.2 Å². The van der Waals surface area contributed by atoms with Gasteiger partial charge in [0.25, 0.3) is 0 Å². The zero-order chi connectivity index (χ0) is 20.1. The first-order valence-electron chi connectivity index (χ1n) is 10.4. The summed E-state index contributed by atoms with van der Waals surface area (Å²) in [6, 6.07) is 15.5. The number of para-hydroxylation sites is 1. The first-order valence-corrected chi connectivity index (χ1v) is 10.4. The molecule has 0 radical (unpaired) electrons. The number of rotatable bonds is 7. The fraction of sp³-hybridized carbons (Fsp3) is 0.435. The number of nitrogens with zero attached hydrogens (tertiary/aromatic N) is 3. The highest BCUT2D eigenvalue weighted by molar-refractivity contribution is 6.06. The van der Waals surface area contributed by atoms with Crippen molar-refractivity contribution in [3.8, 4) is 11.5 Å². The number of piperidine rings is 1. The Labute approximate surface area is 172 Å². The van der Waals surface area contributed by atoms with Crippen molar-refractivity contribution in [2.45, 2.75) is 19.3 Å². The van der Waals surface area contributed by atoms with Crippen molar-refractivity contribution < 1.29 is 14.3 Å². The molecule has 0 bridgehead atoms. The van der Waals surface area contributed by atoms with E-state index in [0.717, 1.165) is 31.0 Å². The van der Waals surface area contributed by atoms with Crippen LogP contribution in [0.25, 0.3) is 0 Å². The predicted molar refractivity (Wildman–Crippen MR) is 115 cm³/mol. The van der Waals surface area contributed by atoms with E-state index in [0.29, 0.717) is 31.2 Å². The van der Waals surface area contributed by atoms with Crippen LogP contribution >= 0.6 is 0 Å². The maximum absolute atomic E-state index is 13.0. The zero-order valence-corrected chi connectivity index (χ0v) is 17.0. The van der Waals surface area contributed by atoms with E-state index in [4.69, 9.17) is 9.47 Å². The molecule has 0 unspecified atom stereocenters. The lowest BCUT2D eigenvalue weighted by molar-refractivity contribution is 0.180. The number of urea groups is 1.